The SMILES string of the molecule is Cc1cc(C)c(C2=Cc3ccccc3C2)c(C)c1. The van der Waals surface area contributed by atoms with Crippen LogP contribution in [0.15, 0.2) is 36.4 Å². The summed E-state index contributed by atoms with van der Waals surface area (Å²) in [5, 5.41) is 0. The number of hydrogen-bond acceptors (Lipinski definition) is 0. The topological polar surface area (TPSA) is 0 Å². The fourth-order valence-electron chi connectivity index (χ4n) is 3.13. The zero-order valence-electron chi connectivity index (χ0n) is 11.2. The highest BCUT2D eigenvalue weighted by Crippen LogP contribution is 2.34. The summed E-state index contributed by atoms with van der Waals surface area (Å²) in [6.45, 7) is 6.61. The maximum Gasteiger partial charge on any atom is -0.00135 e. The van der Waals surface area contributed by atoms with E-state index in [9.17, 15) is 0 Å². The summed E-state index contributed by atoms with van der Waals surface area (Å²) in [5.74, 6) is 0. The summed E-state index contributed by atoms with van der Waals surface area (Å²) in [5.41, 5.74) is 9.88. The van der Waals surface area contributed by atoms with Crippen LogP contribution in [-0.4, -0.2) is 0 Å². The molecule has 0 amide bonds. The van der Waals surface area contributed by atoms with Crippen LogP contribution in [-0.2, 0) is 6.42 Å². The molecule has 0 heteroatoms. The van der Waals surface area contributed by atoms with Crippen LogP contribution in [0.4, 0.5) is 0 Å². The van der Waals surface area contributed by atoms with Crippen molar-refractivity contribution >= 4 is 11.6 Å². The van der Waals surface area contributed by atoms with Crippen molar-refractivity contribution in [3.8, 4) is 0 Å². The average molecular weight is 234 g/mol. The smallest absolute Gasteiger partial charge is 0.00135 e. The van der Waals surface area contributed by atoms with E-state index in [4.69, 9.17) is 0 Å². The van der Waals surface area contributed by atoms with Gasteiger partial charge in [-0.1, -0.05) is 48.0 Å². The van der Waals surface area contributed by atoms with Crippen molar-refractivity contribution in [3.63, 3.8) is 0 Å². The fraction of sp³-hybridized carbons (Fsp3) is 0.222. The van der Waals surface area contributed by atoms with Gasteiger partial charge in [0.25, 0.3) is 0 Å². The van der Waals surface area contributed by atoms with E-state index in [2.05, 4.69) is 63.2 Å². The minimum absolute atomic E-state index is 1.07. The maximum absolute atomic E-state index is 2.35. The Balaban J connectivity index is 2.10. The summed E-state index contributed by atoms with van der Waals surface area (Å²) < 4.78 is 0. The highest BCUT2D eigenvalue weighted by molar-refractivity contribution is 5.90. The van der Waals surface area contributed by atoms with Gasteiger partial charge in [0, 0.05) is 0 Å². The summed E-state index contributed by atoms with van der Waals surface area (Å²) in [7, 11) is 0. The first-order valence-electron chi connectivity index (χ1n) is 6.52. The molecule has 2 aromatic rings. The monoisotopic (exact) mass is 234 g/mol. The molecule has 0 radical (unpaired) electrons. The lowest BCUT2D eigenvalue weighted by molar-refractivity contribution is 1.24. The molecule has 0 unspecified atom stereocenters. The predicted molar refractivity (Wildman–Crippen MR) is 78.7 cm³/mol. The number of aryl methyl sites for hydroxylation is 3. The zero-order chi connectivity index (χ0) is 12.7. The van der Waals surface area contributed by atoms with Crippen molar-refractivity contribution in [2.24, 2.45) is 0 Å². The number of benzene rings is 2. The number of rotatable bonds is 1. The second-order valence-electron chi connectivity index (χ2n) is 5.32. The molecule has 0 aliphatic heterocycles. The molecule has 1 aliphatic rings. The van der Waals surface area contributed by atoms with Crippen molar-refractivity contribution in [2.45, 2.75) is 27.2 Å². The average Bonchev–Trinajstić information content (AvgIpc) is 2.70. The molecule has 0 atom stereocenters. The second kappa shape index (κ2) is 4.13. The molecule has 0 saturated heterocycles. The number of hydrogen-bond donors (Lipinski definition) is 0. The van der Waals surface area contributed by atoms with Crippen LogP contribution in [0.3, 0.4) is 0 Å². The molecular weight excluding hydrogens is 216 g/mol. The third-order valence-corrected chi connectivity index (χ3v) is 3.76. The van der Waals surface area contributed by atoms with E-state index in [-0.39, 0.29) is 0 Å². The van der Waals surface area contributed by atoms with Crippen LogP contribution < -0.4 is 0 Å². The van der Waals surface area contributed by atoms with Gasteiger partial charge in [0.15, 0.2) is 0 Å². The minimum atomic E-state index is 1.07. The van der Waals surface area contributed by atoms with Crippen molar-refractivity contribution in [2.75, 3.05) is 0 Å². The lowest BCUT2D eigenvalue weighted by atomic mass is 9.93. The van der Waals surface area contributed by atoms with E-state index >= 15 is 0 Å². The summed E-state index contributed by atoms with van der Waals surface area (Å²) in [6.07, 6.45) is 3.42. The maximum atomic E-state index is 2.35. The van der Waals surface area contributed by atoms with E-state index in [1.165, 1.54) is 39.0 Å². The van der Waals surface area contributed by atoms with E-state index in [1.54, 1.807) is 0 Å². The normalized spacial score (nSPS) is 13.4. The van der Waals surface area contributed by atoms with Gasteiger partial charge in [-0.2, -0.15) is 0 Å². The summed E-state index contributed by atoms with van der Waals surface area (Å²) >= 11 is 0. The van der Waals surface area contributed by atoms with Crippen molar-refractivity contribution in [1.29, 1.82) is 0 Å². The Hall–Kier alpha value is -1.82. The Labute approximate surface area is 109 Å². The van der Waals surface area contributed by atoms with Gasteiger partial charge < -0.3 is 0 Å². The van der Waals surface area contributed by atoms with E-state index in [0.717, 1.165) is 6.42 Å². The first-order chi connectivity index (χ1) is 8.65. The number of fused-ring (bicyclic) bond motifs is 1. The van der Waals surface area contributed by atoms with Gasteiger partial charge in [-0.25, -0.2) is 0 Å². The first-order valence-corrected chi connectivity index (χ1v) is 6.52. The predicted octanol–water partition coefficient (Wildman–Crippen LogP) is 4.71. The van der Waals surface area contributed by atoms with Crippen molar-refractivity contribution in [3.05, 3.63) is 69.8 Å². The Morgan fingerprint density at radius 3 is 2.22 bits per heavy atom. The molecular formula is C18H18. The molecule has 0 spiro atoms. The van der Waals surface area contributed by atoms with Gasteiger partial charge in [-0.15, -0.1) is 0 Å². The highest BCUT2D eigenvalue weighted by Gasteiger charge is 2.16. The molecule has 0 N–H and O–H groups in total. The van der Waals surface area contributed by atoms with Crippen molar-refractivity contribution in [1.82, 2.24) is 0 Å². The van der Waals surface area contributed by atoms with Gasteiger partial charge in [0.1, 0.15) is 0 Å². The molecule has 0 saturated carbocycles. The number of allylic oxidation sites excluding steroid dienone is 1. The van der Waals surface area contributed by atoms with E-state index < -0.39 is 0 Å². The van der Waals surface area contributed by atoms with Crippen LogP contribution >= 0.6 is 0 Å². The standard InChI is InChI=1S/C18H18/c1-12-8-13(2)18(14(3)9-12)17-10-15-6-4-5-7-16(15)11-17/h4-10H,11H2,1-3H3. The first kappa shape index (κ1) is 11.3. The molecule has 18 heavy (non-hydrogen) atoms. The van der Waals surface area contributed by atoms with Crippen LogP contribution in [0.25, 0.3) is 11.6 Å². The van der Waals surface area contributed by atoms with Gasteiger partial charge in [0.2, 0.25) is 0 Å². The third kappa shape index (κ3) is 1.78. The highest BCUT2D eigenvalue weighted by atomic mass is 14.2. The third-order valence-electron chi connectivity index (χ3n) is 3.76. The fourth-order valence-corrected chi connectivity index (χ4v) is 3.13. The van der Waals surface area contributed by atoms with Gasteiger partial charge in [-0.05, 0) is 60.6 Å². The molecule has 0 bridgehead atoms. The quantitative estimate of drug-likeness (QED) is 0.670. The molecule has 1 aliphatic carbocycles. The van der Waals surface area contributed by atoms with Gasteiger partial charge in [-0.3, -0.25) is 0 Å². The van der Waals surface area contributed by atoms with Crippen LogP contribution in [0.2, 0.25) is 0 Å². The van der Waals surface area contributed by atoms with Crippen LogP contribution in [0, 0.1) is 20.8 Å². The lowest BCUT2D eigenvalue weighted by Gasteiger charge is -2.12. The van der Waals surface area contributed by atoms with E-state index in [1.807, 2.05) is 0 Å². The molecule has 90 valence electrons. The molecule has 0 heterocycles. The molecule has 0 nitrogen and oxygen atoms in total. The van der Waals surface area contributed by atoms with Crippen LogP contribution in [0.1, 0.15) is 33.4 Å². The van der Waals surface area contributed by atoms with Crippen molar-refractivity contribution < 1.29 is 0 Å². The summed E-state index contributed by atoms with van der Waals surface area (Å²) in [4.78, 5) is 0. The Morgan fingerprint density at radius 2 is 1.56 bits per heavy atom. The second-order valence-corrected chi connectivity index (χ2v) is 5.32. The Morgan fingerprint density at radius 1 is 0.889 bits per heavy atom. The van der Waals surface area contributed by atoms with Gasteiger partial charge in [0.05, 0.1) is 0 Å². The van der Waals surface area contributed by atoms with Crippen LogP contribution in [0.5, 0.6) is 0 Å². The largest absolute Gasteiger partial charge is 0.0619 e. The molecule has 3 rings (SSSR count). The summed E-state index contributed by atoms with van der Waals surface area (Å²) in [6, 6.07) is 13.3. The molecule has 0 aromatic heterocycles. The Bertz CT molecular complexity index is 622. The zero-order valence-corrected chi connectivity index (χ0v) is 11.2. The minimum Gasteiger partial charge on any atom is -0.0619 e. The Kier molecular flexibility index (Phi) is 2.59. The lowest BCUT2D eigenvalue weighted by Crippen LogP contribution is -1.94. The molecule has 0 fully saturated rings. The molecule has 2 aromatic carbocycles. The van der Waals surface area contributed by atoms with Gasteiger partial charge >= 0.3 is 0 Å². The van der Waals surface area contributed by atoms with E-state index in [0.29, 0.717) is 0 Å².